The van der Waals surface area contributed by atoms with E-state index in [9.17, 15) is 9.90 Å². The molecule has 0 aliphatic rings. The molecule has 0 radical (unpaired) electrons. The number of rotatable bonds is 31. The maximum absolute atomic E-state index is 13.1. The van der Waals surface area contributed by atoms with Crippen molar-refractivity contribution in [1.29, 1.82) is 0 Å². The zero-order valence-electron chi connectivity index (χ0n) is 27.3. The molecule has 0 spiro atoms. The summed E-state index contributed by atoms with van der Waals surface area (Å²) in [4.78, 5) is 13.1. The van der Waals surface area contributed by atoms with Crippen LogP contribution >= 0.6 is 0 Å². The summed E-state index contributed by atoms with van der Waals surface area (Å²) in [5, 5.41) is 9.57. The monoisotopic (exact) mass is 563 g/mol. The third-order valence-electron chi connectivity index (χ3n) is 8.11. The number of allylic oxidation sites excluding steroid dienone is 4. The van der Waals surface area contributed by atoms with Crippen LogP contribution in [-0.4, -0.2) is 23.8 Å². The Labute approximate surface area is 251 Å². The number of carbonyl (C=O) groups is 1. The molecule has 3 nitrogen and oxygen atoms in total. The van der Waals surface area contributed by atoms with Crippen molar-refractivity contribution >= 4 is 5.97 Å². The first kappa shape index (κ1) is 38.9. The van der Waals surface area contributed by atoms with Crippen LogP contribution < -0.4 is 0 Å². The molecule has 0 bridgehead atoms. The summed E-state index contributed by atoms with van der Waals surface area (Å²) in [6.07, 6.45) is 39.8. The molecular weight excluding hydrogens is 492 g/mol. The Morgan fingerprint density at radius 2 is 0.975 bits per heavy atom. The molecule has 0 heterocycles. The van der Waals surface area contributed by atoms with Gasteiger partial charge in [0.15, 0.2) is 0 Å². The third-order valence-corrected chi connectivity index (χ3v) is 8.11. The number of hydrogen-bond acceptors (Lipinski definition) is 3. The van der Waals surface area contributed by atoms with Crippen molar-refractivity contribution < 1.29 is 14.6 Å². The van der Waals surface area contributed by atoms with Gasteiger partial charge in [0.05, 0.1) is 5.92 Å². The Balaban J connectivity index is 4.15. The molecule has 40 heavy (non-hydrogen) atoms. The minimum absolute atomic E-state index is 0.00328. The van der Waals surface area contributed by atoms with Crippen molar-refractivity contribution in [2.75, 3.05) is 6.61 Å². The van der Waals surface area contributed by atoms with Gasteiger partial charge in [-0.25, -0.2) is 0 Å². The van der Waals surface area contributed by atoms with Gasteiger partial charge in [0.25, 0.3) is 0 Å². The van der Waals surface area contributed by atoms with Gasteiger partial charge in [0, 0.05) is 13.0 Å². The molecule has 0 aromatic heterocycles. The van der Waals surface area contributed by atoms with E-state index in [2.05, 4.69) is 45.1 Å². The van der Waals surface area contributed by atoms with Crippen molar-refractivity contribution in [2.24, 2.45) is 5.92 Å². The van der Waals surface area contributed by atoms with E-state index < -0.39 is 0 Å². The van der Waals surface area contributed by atoms with E-state index in [1.807, 2.05) is 0 Å². The fraction of sp³-hybridized carbons (Fsp3) is 0.865. The predicted molar refractivity (Wildman–Crippen MR) is 176 cm³/mol. The molecule has 3 heteroatoms. The number of aliphatic hydroxyl groups excluding tert-OH is 1. The minimum atomic E-state index is -0.119. The van der Waals surface area contributed by atoms with Crippen molar-refractivity contribution in [3.05, 3.63) is 24.3 Å². The summed E-state index contributed by atoms with van der Waals surface area (Å²) in [7, 11) is 0. The Kier molecular flexibility index (Phi) is 31.5. The highest BCUT2D eigenvalue weighted by Gasteiger charge is 2.23. The average Bonchev–Trinajstić information content (AvgIpc) is 2.95. The molecule has 2 unspecified atom stereocenters. The van der Waals surface area contributed by atoms with Gasteiger partial charge in [-0.2, -0.15) is 0 Å². The van der Waals surface area contributed by atoms with Crippen LogP contribution in [0.15, 0.2) is 24.3 Å². The standard InChI is InChI=1S/C37H70O3/c1-4-7-10-13-15-16-17-18-19-20-21-22-23-24-26-29-32-36(33-34-38)40-37(39)35(30-27-12-9-6-3)31-28-25-14-11-8-5-2/h15-16,18-19,35-36,38H,4-14,17,20-34H2,1-3H3/b16-15-,19-18-. The summed E-state index contributed by atoms with van der Waals surface area (Å²) in [6.45, 7) is 6.83. The SMILES string of the molecule is CCCCC/C=C\C/C=C\CCCCCCCCC(CCO)OC(=O)C(CCCCCC)CCCCCCCC. The van der Waals surface area contributed by atoms with Crippen LogP contribution in [0.25, 0.3) is 0 Å². The van der Waals surface area contributed by atoms with Crippen LogP contribution in [0.3, 0.4) is 0 Å². The van der Waals surface area contributed by atoms with E-state index in [0.29, 0.717) is 6.42 Å². The number of unbranched alkanes of at least 4 members (excludes halogenated alkanes) is 17. The van der Waals surface area contributed by atoms with Crippen LogP contribution in [0.1, 0.15) is 188 Å². The summed E-state index contributed by atoms with van der Waals surface area (Å²) in [5.74, 6) is 0.0450. The number of esters is 1. The molecule has 2 atom stereocenters. The van der Waals surface area contributed by atoms with E-state index >= 15 is 0 Å². The summed E-state index contributed by atoms with van der Waals surface area (Å²) in [6, 6.07) is 0. The number of aliphatic hydroxyl groups is 1. The Morgan fingerprint density at radius 3 is 1.52 bits per heavy atom. The van der Waals surface area contributed by atoms with Crippen LogP contribution in [0.5, 0.6) is 0 Å². The first-order chi connectivity index (χ1) is 19.7. The molecule has 0 rings (SSSR count). The summed E-state index contributed by atoms with van der Waals surface area (Å²) >= 11 is 0. The lowest BCUT2D eigenvalue weighted by molar-refractivity contribution is -0.155. The fourth-order valence-corrected chi connectivity index (χ4v) is 5.40. The Bertz CT molecular complexity index is 568. The zero-order chi connectivity index (χ0) is 29.4. The Hall–Kier alpha value is -1.09. The normalized spacial score (nSPS) is 13.4. The molecule has 0 aliphatic carbocycles. The number of ether oxygens (including phenoxy) is 1. The topological polar surface area (TPSA) is 46.5 Å². The molecule has 0 aromatic rings. The van der Waals surface area contributed by atoms with E-state index in [1.165, 1.54) is 116 Å². The van der Waals surface area contributed by atoms with E-state index in [1.54, 1.807) is 0 Å². The third kappa shape index (κ3) is 27.1. The average molecular weight is 563 g/mol. The van der Waals surface area contributed by atoms with Crippen LogP contribution in [-0.2, 0) is 9.53 Å². The molecule has 0 aromatic carbocycles. The highest BCUT2D eigenvalue weighted by atomic mass is 16.5. The number of hydrogen-bond donors (Lipinski definition) is 1. The maximum atomic E-state index is 13.1. The van der Waals surface area contributed by atoms with Gasteiger partial charge in [0.2, 0.25) is 0 Å². The number of carbonyl (C=O) groups excluding carboxylic acids is 1. The first-order valence-corrected chi connectivity index (χ1v) is 17.8. The zero-order valence-corrected chi connectivity index (χ0v) is 27.3. The summed E-state index contributed by atoms with van der Waals surface area (Å²) in [5.41, 5.74) is 0. The molecule has 0 saturated carbocycles. The lowest BCUT2D eigenvalue weighted by atomic mass is 9.94. The smallest absolute Gasteiger partial charge is 0.309 e. The van der Waals surface area contributed by atoms with Gasteiger partial charge in [-0.15, -0.1) is 0 Å². The maximum Gasteiger partial charge on any atom is 0.309 e. The van der Waals surface area contributed by atoms with E-state index in [0.717, 1.165) is 44.9 Å². The highest BCUT2D eigenvalue weighted by Crippen LogP contribution is 2.23. The van der Waals surface area contributed by atoms with Crippen LogP contribution in [0.4, 0.5) is 0 Å². The lowest BCUT2D eigenvalue weighted by Crippen LogP contribution is -2.25. The second-order valence-electron chi connectivity index (χ2n) is 12.0. The van der Waals surface area contributed by atoms with Gasteiger partial charge >= 0.3 is 5.97 Å². The van der Waals surface area contributed by atoms with Gasteiger partial charge in [-0.1, -0.05) is 148 Å². The van der Waals surface area contributed by atoms with Crippen molar-refractivity contribution in [1.82, 2.24) is 0 Å². The van der Waals surface area contributed by atoms with Gasteiger partial charge in [0.1, 0.15) is 6.10 Å². The summed E-state index contributed by atoms with van der Waals surface area (Å²) < 4.78 is 6.02. The minimum Gasteiger partial charge on any atom is -0.462 e. The molecule has 0 amide bonds. The van der Waals surface area contributed by atoms with Crippen molar-refractivity contribution in [3.63, 3.8) is 0 Å². The Morgan fingerprint density at radius 1 is 0.550 bits per heavy atom. The van der Waals surface area contributed by atoms with E-state index in [-0.39, 0.29) is 24.6 Å². The molecule has 236 valence electrons. The predicted octanol–water partition coefficient (Wildman–Crippen LogP) is 11.8. The largest absolute Gasteiger partial charge is 0.462 e. The van der Waals surface area contributed by atoms with Gasteiger partial charge < -0.3 is 9.84 Å². The molecule has 0 fully saturated rings. The fourth-order valence-electron chi connectivity index (χ4n) is 5.40. The molecule has 1 N–H and O–H groups in total. The second kappa shape index (κ2) is 32.4. The molecular formula is C37H70O3. The molecule has 0 saturated heterocycles. The van der Waals surface area contributed by atoms with Crippen LogP contribution in [0.2, 0.25) is 0 Å². The molecule has 0 aliphatic heterocycles. The highest BCUT2D eigenvalue weighted by molar-refractivity contribution is 5.72. The van der Waals surface area contributed by atoms with Crippen molar-refractivity contribution in [2.45, 2.75) is 194 Å². The van der Waals surface area contributed by atoms with Crippen LogP contribution in [0, 0.1) is 5.92 Å². The van der Waals surface area contributed by atoms with Gasteiger partial charge in [-0.05, 0) is 57.8 Å². The quantitative estimate of drug-likeness (QED) is 0.0519. The van der Waals surface area contributed by atoms with Crippen molar-refractivity contribution in [3.8, 4) is 0 Å². The first-order valence-electron chi connectivity index (χ1n) is 17.8. The van der Waals surface area contributed by atoms with E-state index in [4.69, 9.17) is 4.74 Å². The lowest BCUT2D eigenvalue weighted by Gasteiger charge is -2.22. The van der Waals surface area contributed by atoms with Gasteiger partial charge in [-0.3, -0.25) is 4.79 Å². The second-order valence-corrected chi connectivity index (χ2v) is 12.0.